The first-order valence-electron chi connectivity index (χ1n) is 8.96. The number of benzene rings is 1. The number of aryl methyl sites for hydroxylation is 1. The zero-order valence-electron chi connectivity index (χ0n) is 15.7. The van der Waals surface area contributed by atoms with Gasteiger partial charge in [-0.2, -0.15) is 5.10 Å². The van der Waals surface area contributed by atoms with Gasteiger partial charge in [-0.15, -0.1) is 0 Å². The lowest BCUT2D eigenvalue weighted by Crippen LogP contribution is -2.40. The third-order valence-corrected chi connectivity index (χ3v) is 4.98. The van der Waals surface area contributed by atoms with Crippen LogP contribution in [0.2, 0.25) is 0 Å². The summed E-state index contributed by atoms with van der Waals surface area (Å²) < 4.78 is 1.96. The quantitative estimate of drug-likeness (QED) is 0.910. The van der Waals surface area contributed by atoms with Gasteiger partial charge in [-0.25, -0.2) is 4.68 Å². The number of carbonyl (C=O) groups excluding carboxylic acids is 1. The van der Waals surface area contributed by atoms with Crippen molar-refractivity contribution in [1.29, 1.82) is 0 Å². The average Bonchev–Trinajstić information content (AvgIpc) is 3.17. The second-order valence-corrected chi connectivity index (χ2v) is 7.90. The molecule has 3 rings (SSSR count). The Morgan fingerprint density at radius 2 is 1.96 bits per heavy atom. The minimum atomic E-state index is -0.104. The van der Waals surface area contributed by atoms with E-state index in [4.69, 9.17) is 10.8 Å². The molecule has 0 bridgehead atoms. The van der Waals surface area contributed by atoms with Gasteiger partial charge < -0.3 is 10.6 Å². The molecular formula is C20H28N4O. The van der Waals surface area contributed by atoms with Crippen LogP contribution in [0.3, 0.4) is 0 Å². The van der Waals surface area contributed by atoms with Gasteiger partial charge in [0.15, 0.2) is 5.69 Å². The number of fused-ring (bicyclic) bond motifs is 1. The molecule has 1 aliphatic rings. The van der Waals surface area contributed by atoms with Crippen LogP contribution in [0.25, 0.3) is 5.69 Å². The fraction of sp³-hybridized carbons (Fsp3) is 0.500. The molecule has 2 aromatic rings. The third-order valence-electron chi connectivity index (χ3n) is 4.98. The van der Waals surface area contributed by atoms with E-state index in [-0.39, 0.29) is 11.3 Å². The SMILES string of the molecule is Cc1ccc(-n2nc(C(=O)N(C)CC(C)(C)CN)c3c2CCC3)cc1. The molecule has 1 heterocycles. The Morgan fingerprint density at radius 3 is 2.60 bits per heavy atom. The molecule has 1 aromatic carbocycles. The highest BCUT2D eigenvalue weighted by Crippen LogP contribution is 2.29. The number of aromatic nitrogens is 2. The molecule has 0 atom stereocenters. The normalized spacial score (nSPS) is 13.8. The third kappa shape index (κ3) is 3.47. The van der Waals surface area contributed by atoms with Crippen molar-refractivity contribution in [2.45, 2.75) is 40.0 Å². The minimum Gasteiger partial charge on any atom is -0.340 e. The van der Waals surface area contributed by atoms with Crippen molar-refractivity contribution in [3.8, 4) is 5.69 Å². The molecule has 2 N–H and O–H groups in total. The van der Waals surface area contributed by atoms with Crippen LogP contribution in [-0.4, -0.2) is 40.7 Å². The predicted molar refractivity (Wildman–Crippen MR) is 100 cm³/mol. The van der Waals surface area contributed by atoms with Gasteiger partial charge in [0.25, 0.3) is 5.91 Å². The first kappa shape index (κ1) is 17.7. The second kappa shape index (κ2) is 6.64. The monoisotopic (exact) mass is 340 g/mol. The summed E-state index contributed by atoms with van der Waals surface area (Å²) in [6.45, 7) is 7.38. The molecule has 0 saturated carbocycles. The molecule has 1 aliphatic carbocycles. The van der Waals surface area contributed by atoms with Crippen molar-refractivity contribution in [3.63, 3.8) is 0 Å². The molecule has 0 aliphatic heterocycles. The van der Waals surface area contributed by atoms with E-state index in [0.29, 0.717) is 18.8 Å². The first-order chi connectivity index (χ1) is 11.8. The Labute approximate surface area is 149 Å². The van der Waals surface area contributed by atoms with Gasteiger partial charge in [-0.3, -0.25) is 4.79 Å². The zero-order chi connectivity index (χ0) is 18.2. The summed E-state index contributed by atoms with van der Waals surface area (Å²) in [6, 6.07) is 8.29. The lowest BCUT2D eigenvalue weighted by molar-refractivity contribution is 0.0733. The maximum absolute atomic E-state index is 13.0. The van der Waals surface area contributed by atoms with E-state index in [1.807, 2.05) is 11.7 Å². The van der Waals surface area contributed by atoms with Crippen LogP contribution in [0.15, 0.2) is 24.3 Å². The zero-order valence-corrected chi connectivity index (χ0v) is 15.7. The van der Waals surface area contributed by atoms with Crippen molar-refractivity contribution in [2.75, 3.05) is 20.1 Å². The fourth-order valence-electron chi connectivity index (χ4n) is 3.47. The van der Waals surface area contributed by atoms with Crippen LogP contribution in [0, 0.1) is 12.3 Å². The molecule has 134 valence electrons. The summed E-state index contributed by atoms with van der Waals surface area (Å²) in [7, 11) is 1.84. The van der Waals surface area contributed by atoms with E-state index >= 15 is 0 Å². The van der Waals surface area contributed by atoms with Crippen LogP contribution >= 0.6 is 0 Å². The lowest BCUT2D eigenvalue weighted by Gasteiger charge is -2.28. The molecule has 1 aromatic heterocycles. The van der Waals surface area contributed by atoms with Crippen molar-refractivity contribution >= 4 is 5.91 Å². The van der Waals surface area contributed by atoms with Gasteiger partial charge in [0.1, 0.15) is 0 Å². The van der Waals surface area contributed by atoms with Gasteiger partial charge >= 0.3 is 0 Å². The Balaban J connectivity index is 1.94. The Kier molecular flexibility index (Phi) is 4.69. The molecule has 0 fully saturated rings. The van der Waals surface area contributed by atoms with E-state index in [1.165, 1.54) is 11.3 Å². The molecule has 5 nitrogen and oxygen atoms in total. The summed E-state index contributed by atoms with van der Waals surface area (Å²) in [4.78, 5) is 14.8. The minimum absolute atomic E-state index is 0.00876. The standard InChI is InChI=1S/C20H28N4O/c1-14-8-10-15(11-9-14)24-17-7-5-6-16(17)18(22-24)19(25)23(4)13-20(2,3)12-21/h8-11H,5-7,12-13,21H2,1-4H3. The molecular weight excluding hydrogens is 312 g/mol. The van der Waals surface area contributed by atoms with Gasteiger partial charge in [-0.05, 0) is 50.3 Å². The average molecular weight is 340 g/mol. The smallest absolute Gasteiger partial charge is 0.274 e. The van der Waals surface area contributed by atoms with Gasteiger partial charge in [0.05, 0.1) is 5.69 Å². The van der Waals surface area contributed by atoms with Gasteiger partial charge in [0.2, 0.25) is 0 Å². The summed E-state index contributed by atoms with van der Waals surface area (Å²) in [5.74, 6) is -0.00876. The van der Waals surface area contributed by atoms with E-state index in [9.17, 15) is 4.79 Å². The molecule has 25 heavy (non-hydrogen) atoms. The molecule has 0 saturated heterocycles. The predicted octanol–water partition coefficient (Wildman–Crippen LogP) is 2.73. The number of hydrogen-bond acceptors (Lipinski definition) is 3. The highest BCUT2D eigenvalue weighted by Gasteiger charge is 2.30. The van der Waals surface area contributed by atoms with Crippen LogP contribution in [0.5, 0.6) is 0 Å². The molecule has 0 unspecified atom stereocenters. The van der Waals surface area contributed by atoms with Gasteiger partial charge in [-0.1, -0.05) is 31.5 Å². The van der Waals surface area contributed by atoms with Crippen molar-refractivity contribution in [1.82, 2.24) is 14.7 Å². The molecule has 0 spiro atoms. The summed E-state index contributed by atoms with van der Waals surface area (Å²) >= 11 is 0. The molecule has 1 amide bonds. The number of amides is 1. The van der Waals surface area contributed by atoms with E-state index < -0.39 is 0 Å². The summed E-state index contributed by atoms with van der Waals surface area (Å²) in [6.07, 6.45) is 2.98. The fourth-order valence-corrected chi connectivity index (χ4v) is 3.47. The van der Waals surface area contributed by atoms with Crippen molar-refractivity contribution < 1.29 is 4.79 Å². The Morgan fingerprint density at radius 1 is 1.28 bits per heavy atom. The van der Waals surface area contributed by atoms with Crippen molar-refractivity contribution in [2.24, 2.45) is 11.1 Å². The van der Waals surface area contributed by atoms with Crippen LogP contribution in [0.1, 0.15) is 47.6 Å². The van der Waals surface area contributed by atoms with Crippen molar-refractivity contribution in [3.05, 3.63) is 46.8 Å². The number of nitrogens with zero attached hydrogens (tertiary/aromatic N) is 3. The largest absolute Gasteiger partial charge is 0.340 e. The van der Waals surface area contributed by atoms with Crippen LogP contribution in [-0.2, 0) is 12.8 Å². The number of nitrogens with two attached hydrogens (primary N) is 1. The topological polar surface area (TPSA) is 64.2 Å². The first-order valence-corrected chi connectivity index (χ1v) is 8.96. The number of rotatable bonds is 5. The van der Waals surface area contributed by atoms with Gasteiger partial charge in [0, 0.05) is 24.8 Å². The Bertz CT molecular complexity index is 774. The number of hydrogen-bond donors (Lipinski definition) is 1. The van der Waals surface area contributed by atoms with Crippen LogP contribution in [0.4, 0.5) is 0 Å². The molecule has 5 heteroatoms. The summed E-state index contributed by atoms with van der Waals surface area (Å²) in [5.41, 5.74) is 10.8. The second-order valence-electron chi connectivity index (χ2n) is 7.90. The van der Waals surface area contributed by atoms with Crippen LogP contribution < -0.4 is 5.73 Å². The summed E-state index contributed by atoms with van der Waals surface area (Å²) in [5, 5.41) is 4.70. The maximum Gasteiger partial charge on any atom is 0.274 e. The van der Waals surface area contributed by atoms with E-state index in [2.05, 4.69) is 45.0 Å². The van der Waals surface area contributed by atoms with E-state index in [1.54, 1.807) is 4.90 Å². The highest BCUT2D eigenvalue weighted by atomic mass is 16.2. The maximum atomic E-state index is 13.0. The van der Waals surface area contributed by atoms with E-state index in [0.717, 1.165) is 30.5 Å². The molecule has 0 radical (unpaired) electrons. The number of carbonyl (C=O) groups is 1. The Hall–Kier alpha value is -2.14. The lowest BCUT2D eigenvalue weighted by atomic mass is 9.93. The highest BCUT2D eigenvalue weighted by molar-refractivity contribution is 5.94.